The molecular weight excluding hydrogens is 485 g/mol. The Kier molecular flexibility index (Phi) is 6.14. The molecule has 0 unspecified atom stereocenters. The predicted octanol–water partition coefficient (Wildman–Crippen LogP) is 3.57. The minimum atomic E-state index is -3.96. The highest BCUT2D eigenvalue weighted by Crippen LogP contribution is 2.29. The summed E-state index contributed by atoms with van der Waals surface area (Å²) < 4.78 is 43.2. The molecule has 5 rings (SSSR count). The number of ketones is 1. The van der Waals surface area contributed by atoms with Crippen LogP contribution in [-0.2, 0) is 10.2 Å². The minimum absolute atomic E-state index is 0.199. The average molecular weight is 510 g/mol. The highest BCUT2D eigenvalue weighted by atomic mass is 32.2. The van der Waals surface area contributed by atoms with Crippen molar-refractivity contribution in [3.8, 4) is 11.1 Å². The standard InChI is InChI=1S/C24H24FN7O3S/c1-3-32(2)36(34,35)31-20-6-4-5-17(21(20)25)22(33)19-13-27-23-18(19)9-14(10-26-23)15-11-28-24(29-12-15)30-16-7-8-16/h4-6,9-13,16,31H,3,7-8H2,1-2H3,(H,26,27)(H,28,29,30). The molecule has 1 saturated carbocycles. The molecule has 3 N–H and O–H groups in total. The van der Waals surface area contributed by atoms with Gasteiger partial charge in [-0.05, 0) is 31.0 Å². The molecule has 36 heavy (non-hydrogen) atoms. The van der Waals surface area contributed by atoms with Gasteiger partial charge >= 0.3 is 10.2 Å². The van der Waals surface area contributed by atoms with E-state index < -0.39 is 21.8 Å². The average Bonchev–Trinajstić information content (AvgIpc) is 3.59. The van der Waals surface area contributed by atoms with Crippen LogP contribution < -0.4 is 10.0 Å². The summed E-state index contributed by atoms with van der Waals surface area (Å²) in [6.07, 6.45) is 8.68. The first-order valence-electron chi connectivity index (χ1n) is 11.4. The van der Waals surface area contributed by atoms with Gasteiger partial charge in [0.25, 0.3) is 0 Å². The number of H-pyrrole nitrogens is 1. The molecule has 1 fully saturated rings. The van der Waals surface area contributed by atoms with Gasteiger partial charge in [0.2, 0.25) is 5.95 Å². The fraction of sp³-hybridized carbons (Fsp3) is 0.250. The fourth-order valence-corrected chi connectivity index (χ4v) is 4.56. The number of rotatable bonds is 9. The zero-order chi connectivity index (χ0) is 25.4. The van der Waals surface area contributed by atoms with Gasteiger partial charge in [0.1, 0.15) is 5.65 Å². The van der Waals surface area contributed by atoms with Crippen molar-refractivity contribution in [3.05, 3.63) is 66.0 Å². The Labute approximate surface area is 207 Å². The smallest absolute Gasteiger partial charge is 0.301 e. The number of hydrogen-bond acceptors (Lipinski definition) is 7. The van der Waals surface area contributed by atoms with E-state index in [-0.39, 0.29) is 23.4 Å². The Morgan fingerprint density at radius 1 is 1.14 bits per heavy atom. The van der Waals surface area contributed by atoms with Crippen LogP contribution in [0.25, 0.3) is 22.2 Å². The monoisotopic (exact) mass is 509 g/mol. The molecule has 0 radical (unpaired) electrons. The lowest BCUT2D eigenvalue weighted by atomic mass is 10.0. The van der Waals surface area contributed by atoms with Crippen LogP contribution in [0.15, 0.2) is 49.1 Å². The summed E-state index contributed by atoms with van der Waals surface area (Å²) in [5, 5.41) is 3.72. The summed E-state index contributed by atoms with van der Waals surface area (Å²) in [5.74, 6) is -1.01. The molecule has 3 aromatic heterocycles. The summed E-state index contributed by atoms with van der Waals surface area (Å²) in [6, 6.07) is 6.20. The lowest BCUT2D eigenvalue weighted by Gasteiger charge is -2.17. The second-order valence-electron chi connectivity index (χ2n) is 8.55. The molecule has 0 saturated heterocycles. The number of pyridine rings is 1. The molecule has 0 spiro atoms. The third-order valence-electron chi connectivity index (χ3n) is 6.01. The Morgan fingerprint density at radius 2 is 1.86 bits per heavy atom. The van der Waals surface area contributed by atoms with Crippen LogP contribution in [0.3, 0.4) is 0 Å². The SMILES string of the molecule is CCN(C)S(=O)(=O)Nc1cccc(C(=O)c2c[nH]c3ncc(-c4cnc(NC5CC5)nc4)cc23)c1F. The molecule has 4 aromatic rings. The quantitative estimate of drug-likeness (QED) is 0.294. The number of halogens is 1. The molecule has 0 bridgehead atoms. The van der Waals surface area contributed by atoms with Gasteiger partial charge in [-0.1, -0.05) is 13.0 Å². The van der Waals surface area contributed by atoms with Gasteiger partial charge in [0.15, 0.2) is 11.6 Å². The molecule has 186 valence electrons. The largest absolute Gasteiger partial charge is 0.351 e. The summed E-state index contributed by atoms with van der Waals surface area (Å²) in [5.41, 5.74) is 1.50. The topological polar surface area (TPSA) is 133 Å². The maximum atomic E-state index is 15.3. The number of aromatic amines is 1. The number of fused-ring (bicyclic) bond motifs is 1. The highest BCUT2D eigenvalue weighted by molar-refractivity contribution is 7.90. The number of nitrogens with zero attached hydrogens (tertiary/aromatic N) is 4. The van der Waals surface area contributed by atoms with E-state index in [1.54, 1.807) is 31.6 Å². The van der Waals surface area contributed by atoms with Crippen LogP contribution in [0.1, 0.15) is 35.7 Å². The van der Waals surface area contributed by atoms with Crippen molar-refractivity contribution in [3.63, 3.8) is 0 Å². The maximum absolute atomic E-state index is 15.3. The van der Waals surface area contributed by atoms with Crippen molar-refractivity contribution in [2.75, 3.05) is 23.6 Å². The van der Waals surface area contributed by atoms with Gasteiger partial charge in [-0.2, -0.15) is 12.7 Å². The zero-order valence-electron chi connectivity index (χ0n) is 19.6. The van der Waals surface area contributed by atoms with Crippen LogP contribution in [0.5, 0.6) is 0 Å². The molecule has 10 nitrogen and oxygen atoms in total. The molecule has 0 atom stereocenters. The van der Waals surface area contributed by atoms with Gasteiger partial charge in [0.05, 0.1) is 11.3 Å². The first-order chi connectivity index (χ1) is 17.3. The Balaban J connectivity index is 1.46. The maximum Gasteiger partial charge on any atom is 0.301 e. The summed E-state index contributed by atoms with van der Waals surface area (Å²) in [4.78, 5) is 29.3. The van der Waals surface area contributed by atoms with Crippen molar-refractivity contribution >= 4 is 38.7 Å². The predicted molar refractivity (Wildman–Crippen MR) is 134 cm³/mol. The number of benzene rings is 1. The molecule has 3 heterocycles. The third-order valence-corrected chi connectivity index (χ3v) is 7.57. The van der Waals surface area contributed by atoms with Crippen LogP contribution in [0.4, 0.5) is 16.0 Å². The van der Waals surface area contributed by atoms with E-state index in [4.69, 9.17) is 0 Å². The first-order valence-corrected chi connectivity index (χ1v) is 12.8. The zero-order valence-corrected chi connectivity index (χ0v) is 20.4. The van der Waals surface area contributed by atoms with Crippen LogP contribution >= 0.6 is 0 Å². The highest BCUT2D eigenvalue weighted by Gasteiger charge is 2.24. The molecular formula is C24H24FN7O3S. The van der Waals surface area contributed by atoms with Gasteiger partial charge < -0.3 is 10.3 Å². The Morgan fingerprint density at radius 3 is 2.56 bits per heavy atom. The summed E-state index contributed by atoms with van der Waals surface area (Å²) in [7, 11) is -2.59. The van der Waals surface area contributed by atoms with Crippen molar-refractivity contribution in [1.82, 2.24) is 24.2 Å². The van der Waals surface area contributed by atoms with Crippen molar-refractivity contribution in [2.45, 2.75) is 25.8 Å². The second kappa shape index (κ2) is 9.28. The normalized spacial score (nSPS) is 13.8. The van der Waals surface area contributed by atoms with Crippen molar-refractivity contribution in [2.24, 2.45) is 0 Å². The second-order valence-corrected chi connectivity index (χ2v) is 10.3. The molecule has 12 heteroatoms. The van der Waals surface area contributed by atoms with Crippen LogP contribution in [0, 0.1) is 5.82 Å². The number of carbonyl (C=O) groups is 1. The van der Waals surface area contributed by atoms with Crippen molar-refractivity contribution in [1.29, 1.82) is 0 Å². The molecule has 1 aromatic carbocycles. The van der Waals surface area contributed by atoms with Crippen LogP contribution in [-0.4, -0.2) is 58.1 Å². The summed E-state index contributed by atoms with van der Waals surface area (Å²) in [6.45, 7) is 1.85. The van der Waals surface area contributed by atoms with E-state index >= 15 is 4.39 Å². The van der Waals surface area contributed by atoms with E-state index in [0.29, 0.717) is 34.2 Å². The molecule has 0 amide bonds. The van der Waals surface area contributed by atoms with Crippen LogP contribution in [0.2, 0.25) is 0 Å². The Hall–Kier alpha value is -3.90. The third kappa shape index (κ3) is 4.64. The van der Waals surface area contributed by atoms with Gasteiger partial charge in [0, 0.05) is 66.5 Å². The fourth-order valence-electron chi connectivity index (χ4n) is 3.63. The van der Waals surface area contributed by atoms with Gasteiger partial charge in [-0.25, -0.2) is 19.3 Å². The van der Waals surface area contributed by atoms with Crippen molar-refractivity contribution < 1.29 is 17.6 Å². The van der Waals surface area contributed by atoms with Gasteiger partial charge in [-0.3, -0.25) is 9.52 Å². The Bertz CT molecular complexity index is 1550. The number of carbonyl (C=O) groups excluding carboxylic acids is 1. The van der Waals surface area contributed by atoms with E-state index in [1.165, 1.54) is 31.4 Å². The molecule has 1 aliphatic rings. The number of aromatic nitrogens is 4. The lowest BCUT2D eigenvalue weighted by Crippen LogP contribution is -2.32. The molecule has 1 aliphatic carbocycles. The number of hydrogen-bond donors (Lipinski definition) is 3. The minimum Gasteiger partial charge on any atom is -0.351 e. The van der Waals surface area contributed by atoms with E-state index in [1.807, 2.05) is 0 Å². The first kappa shape index (κ1) is 23.8. The lowest BCUT2D eigenvalue weighted by molar-refractivity contribution is 0.103. The molecule has 0 aliphatic heterocycles. The summed E-state index contributed by atoms with van der Waals surface area (Å²) >= 11 is 0. The van der Waals surface area contributed by atoms with E-state index in [9.17, 15) is 13.2 Å². The van der Waals surface area contributed by atoms with Gasteiger partial charge in [-0.15, -0.1) is 0 Å². The number of anilines is 2. The van der Waals surface area contributed by atoms with E-state index in [2.05, 4.69) is 30.0 Å². The number of nitrogens with one attached hydrogen (secondary N) is 3. The van der Waals surface area contributed by atoms with E-state index in [0.717, 1.165) is 17.1 Å².